The second kappa shape index (κ2) is 6.52. The topological polar surface area (TPSA) is 90.9 Å². The summed E-state index contributed by atoms with van der Waals surface area (Å²) >= 11 is 5.81. The van der Waals surface area contributed by atoms with E-state index in [9.17, 15) is 4.79 Å². The van der Waals surface area contributed by atoms with Crippen LogP contribution in [0.25, 0.3) is 0 Å². The molecule has 6 heteroatoms. The van der Waals surface area contributed by atoms with Crippen LogP contribution in [-0.4, -0.2) is 12.5 Å². The summed E-state index contributed by atoms with van der Waals surface area (Å²) in [5.74, 6) is -0.516. The average Bonchev–Trinajstić information content (AvgIpc) is 2.30. The van der Waals surface area contributed by atoms with Gasteiger partial charge in [0.15, 0.2) is 5.57 Å². The molecule has 0 saturated heterocycles. The number of amides is 1. The molecule has 18 heavy (non-hydrogen) atoms. The van der Waals surface area contributed by atoms with Crippen molar-refractivity contribution in [2.45, 2.75) is 6.92 Å². The van der Waals surface area contributed by atoms with Crippen LogP contribution in [0.5, 0.6) is 0 Å². The van der Waals surface area contributed by atoms with Gasteiger partial charge < -0.3 is 16.4 Å². The normalized spacial score (nSPS) is 11.2. The van der Waals surface area contributed by atoms with E-state index in [1.807, 2.05) is 0 Å². The van der Waals surface area contributed by atoms with Gasteiger partial charge in [0, 0.05) is 17.3 Å². The zero-order valence-electron chi connectivity index (χ0n) is 9.83. The van der Waals surface area contributed by atoms with Crippen molar-refractivity contribution in [2.24, 2.45) is 5.73 Å². The smallest absolute Gasteiger partial charge is 0.265 e. The number of likely N-dealkylation sites (N-methyl/N-ethyl adjacent to an activating group) is 1. The summed E-state index contributed by atoms with van der Waals surface area (Å²) in [6, 6.07) is 8.58. The molecule has 0 aliphatic carbocycles. The van der Waals surface area contributed by atoms with E-state index in [-0.39, 0.29) is 11.4 Å². The van der Waals surface area contributed by atoms with E-state index in [1.54, 1.807) is 37.3 Å². The molecule has 0 heterocycles. The molecule has 1 aromatic carbocycles. The molecule has 0 aliphatic heterocycles. The summed E-state index contributed by atoms with van der Waals surface area (Å²) in [7, 11) is 0. The van der Waals surface area contributed by atoms with E-state index in [4.69, 9.17) is 22.6 Å². The number of nitrogens with one attached hydrogen (secondary N) is 2. The van der Waals surface area contributed by atoms with Crippen LogP contribution in [0.15, 0.2) is 35.7 Å². The Balaban J connectivity index is 2.94. The fraction of sp³-hybridized carbons (Fsp3) is 0.167. The standard InChI is InChI=1S/C12H13ClN4O/c1-2-16-12(18)10(7-14)11(15)17-9-5-3-4-8(13)6-9/h3-6,17H,2,15H2,1H3,(H,16,18)/b11-10-. The van der Waals surface area contributed by atoms with Crippen molar-refractivity contribution in [2.75, 3.05) is 11.9 Å². The largest absolute Gasteiger partial charge is 0.384 e. The number of carbonyl (C=O) groups excluding carboxylic acids is 1. The Morgan fingerprint density at radius 2 is 2.28 bits per heavy atom. The van der Waals surface area contributed by atoms with Gasteiger partial charge in [0.05, 0.1) is 0 Å². The molecule has 94 valence electrons. The first kappa shape index (κ1) is 13.9. The third kappa shape index (κ3) is 3.68. The monoisotopic (exact) mass is 264 g/mol. The molecule has 0 aromatic heterocycles. The van der Waals surface area contributed by atoms with Gasteiger partial charge in [-0.2, -0.15) is 5.26 Å². The van der Waals surface area contributed by atoms with Gasteiger partial charge in [0.25, 0.3) is 5.91 Å². The number of nitrogens with zero attached hydrogens (tertiary/aromatic N) is 1. The van der Waals surface area contributed by atoms with Gasteiger partial charge in [0.2, 0.25) is 0 Å². The molecule has 0 atom stereocenters. The SMILES string of the molecule is CCNC(=O)/C(C#N)=C(/N)Nc1cccc(Cl)c1. The Bertz CT molecular complexity index is 519. The maximum atomic E-state index is 11.5. The van der Waals surface area contributed by atoms with Gasteiger partial charge in [-0.15, -0.1) is 0 Å². The highest BCUT2D eigenvalue weighted by Crippen LogP contribution is 2.16. The highest BCUT2D eigenvalue weighted by molar-refractivity contribution is 6.30. The van der Waals surface area contributed by atoms with Crippen LogP contribution >= 0.6 is 11.6 Å². The van der Waals surface area contributed by atoms with Crippen LogP contribution in [0, 0.1) is 11.3 Å². The van der Waals surface area contributed by atoms with Crippen LogP contribution < -0.4 is 16.4 Å². The molecule has 0 fully saturated rings. The van der Waals surface area contributed by atoms with Crippen molar-refractivity contribution in [1.82, 2.24) is 5.32 Å². The summed E-state index contributed by atoms with van der Waals surface area (Å²) in [4.78, 5) is 11.5. The lowest BCUT2D eigenvalue weighted by molar-refractivity contribution is -0.117. The molecule has 0 bridgehead atoms. The van der Waals surface area contributed by atoms with Gasteiger partial charge in [-0.1, -0.05) is 17.7 Å². The van der Waals surface area contributed by atoms with E-state index in [0.717, 1.165) is 0 Å². The number of benzene rings is 1. The van der Waals surface area contributed by atoms with Crippen molar-refractivity contribution >= 4 is 23.2 Å². The number of carbonyl (C=O) groups is 1. The highest BCUT2D eigenvalue weighted by Gasteiger charge is 2.12. The molecule has 0 spiro atoms. The average molecular weight is 265 g/mol. The number of anilines is 1. The minimum Gasteiger partial charge on any atom is -0.384 e. The van der Waals surface area contributed by atoms with Crippen molar-refractivity contribution in [1.29, 1.82) is 5.26 Å². The minimum absolute atomic E-state index is 0.00860. The van der Waals surface area contributed by atoms with Gasteiger partial charge in [-0.05, 0) is 25.1 Å². The fourth-order valence-corrected chi connectivity index (χ4v) is 1.46. The molecule has 0 radical (unpaired) electrons. The molecule has 1 rings (SSSR count). The number of rotatable bonds is 4. The number of nitrogens with two attached hydrogens (primary N) is 1. The summed E-state index contributed by atoms with van der Waals surface area (Å²) in [6.07, 6.45) is 0. The second-order valence-corrected chi connectivity index (χ2v) is 3.83. The third-order valence-corrected chi connectivity index (χ3v) is 2.28. The second-order valence-electron chi connectivity index (χ2n) is 3.40. The van der Waals surface area contributed by atoms with Crippen molar-refractivity contribution in [3.8, 4) is 6.07 Å². The first-order valence-corrected chi connectivity index (χ1v) is 5.67. The van der Waals surface area contributed by atoms with Crippen molar-refractivity contribution in [3.63, 3.8) is 0 Å². The van der Waals surface area contributed by atoms with Crippen molar-refractivity contribution < 1.29 is 4.79 Å². The molecule has 0 aliphatic rings. The summed E-state index contributed by atoms with van der Waals surface area (Å²) < 4.78 is 0. The summed E-state index contributed by atoms with van der Waals surface area (Å²) in [6.45, 7) is 2.18. The van der Waals surface area contributed by atoms with Gasteiger partial charge in [-0.3, -0.25) is 4.79 Å². The lowest BCUT2D eigenvalue weighted by Gasteiger charge is -2.09. The Morgan fingerprint density at radius 3 is 2.83 bits per heavy atom. The lowest BCUT2D eigenvalue weighted by atomic mass is 10.2. The molecule has 5 nitrogen and oxygen atoms in total. The van der Waals surface area contributed by atoms with Crippen LogP contribution in [0.2, 0.25) is 5.02 Å². The Kier molecular flexibility index (Phi) is 5.03. The van der Waals surface area contributed by atoms with Gasteiger partial charge in [-0.25, -0.2) is 0 Å². The number of hydrogen-bond donors (Lipinski definition) is 3. The molecule has 1 amide bonds. The van der Waals surface area contributed by atoms with Crippen molar-refractivity contribution in [3.05, 3.63) is 40.7 Å². The zero-order valence-corrected chi connectivity index (χ0v) is 10.6. The van der Waals surface area contributed by atoms with Gasteiger partial charge >= 0.3 is 0 Å². The molecular weight excluding hydrogens is 252 g/mol. The minimum atomic E-state index is -0.507. The van der Waals surface area contributed by atoms with E-state index in [0.29, 0.717) is 17.3 Å². The van der Waals surface area contributed by atoms with Crippen LogP contribution in [0.1, 0.15) is 6.92 Å². The summed E-state index contributed by atoms with van der Waals surface area (Å²) in [5, 5.41) is 14.7. The predicted octanol–water partition coefficient (Wildman–Crippen LogP) is 1.58. The number of nitriles is 1. The molecular formula is C12H13ClN4O. The lowest BCUT2D eigenvalue weighted by Crippen LogP contribution is -2.28. The van der Waals surface area contributed by atoms with Crippen LogP contribution in [0.3, 0.4) is 0 Å². The zero-order chi connectivity index (χ0) is 13.5. The fourth-order valence-electron chi connectivity index (χ4n) is 1.27. The molecule has 0 unspecified atom stereocenters. The van der Waals surface area contributed by atoms with E-state index < -0.39 is 5.91 Å². The van der Waals surface area contributed by atoms with Gasteiger partial charge in [0.1, 0.15) is 11.9 Å². The maximum absolute atomic E-state index is 11.5. The number of hydrogen-bond acceptors (Lipinski definition) is 4. The predicted molar refractivity (Wildman–Crippen MR) is 70.6 cm³/mol. The van der Waals surface area contributed by atoms with E-state index in [2.05, 4.69) is 10.6 Å². The Morgan fingerprint density at radius 1 is 1.56 bits per heavy atom. The molecule has 0 saturated carbocycles. The van der Waals surface area contributed by atoms with Crippen LogP contribution in [-0.2, 0) is 4.79 Å². The Hall–Kier alpha value is -2.19. The van der Waals surface area contributed by atoms with E-state index in [1.165, 1.54) is 0 Å². The quantitative estimate of drug-likeness (QED) is 0.569. The van der Waals surface area contributed by atoms with Crippen LogP contribution in [0.4, 0.5) is 5.69 Å². The third-order valence-electron chi connectivity index (χ3n) is 2.05. The molecule has 1 aromatic rings. The summed E-state index contributed by atoms with van der Waals surface area (Å²) in [5.41, 5.74) is 6.14. The number of halogens is 1. The Labute approximate surface area is 110 Å². The molecule has 4 N–H and O–H groups in total. The maximum Gasteiger partial charge on any atom is 0.265 e. The highest BCUT2D eigenvalue weighted by atomic mass is 35.5. The first-order chi connectivity index (χ1) is 8.58. The first-order valence-electron chi connectivity index (χ1n) is 5.29. The van der Waals surface area contributed by atoms with E-state index >= 15 is 0 Å².